The van der Waals surface area contributed by atoms with Gasteiger partial charge in [0.1, 0.15) is 5.70 Å². The van der Waals surface area contributed by atoms with Crippen molar-refractivity contribution in [2.45, 2.75) is 45.1 Å². The first-order chi connectivity index (χ1) is 13.8. The van der Waals surface area contributed by atoms with Crippen LogP contribution in [0.3, 0.4) is 0 Å². The summed E-state index contributed by atoms with van der Waals surface area (Å²) in [6.45, 7) is 4.48. The normalized spacial score (nSPS) is 18.9. The maximum atomic E-state index is 13.3. The maximum absolute atomic E-state index is 13.3. The number of carbonyl (C=O) groups is 2. The predicted molar refractivity (Wildman–Crippen MR) is 118 cm³/mol. The molecule has 3 rings (SSSR count). The number of benzene rings is 1. The van der Waals surface area contributed by atoms with Crippen molar-refractivity contribution in [1.82, 2.24) is 14.7 Å². The lowest BCUT2D eigenvalue weighted by molar-refractivity contribution is -0.137. The van der Waals surface area contributed by atoms with E-state index in [1.165, 1.54) is 4.90 Å². The van der Waals surface area contributed by atoms with E-state index >= 15 is 0 Å². The van der Waals surface area contributed by atoms with Gasteiger partial charge in [-0.25, -0.2) is 0 Å². The highest BCUT2D eigenvalue weighted by Crippen LogP contribution is 2.37. The summed E-state index contributed by atoms with van der Waals surface area (Å²) in [5.74, 6) is -0.473. The minimum absolute atomic E-state index is 0.214. The molecule has 7 heteroatoms. The molecule has 1 saturated heterocycles. The number of likely N-dealkylation sites (tertiary alicyclic amines) is 1. The number of rotatable bonds is 7. The SMILES string of the molecule is CCCCCN1C(=O)C(c2ccc(Cl)cc2Cl)=C(N(C)C2CCN(C)CC2)C1=O. The third-order valence-corrected chi connectivity index (χ3v) is 6.47. The van der Waals surface area contributed by atoms with Crippen LogP contribution in [0.4, 0.5) is 0 Å². The van der Waals surface area contributed by atoms with Crippen molar-refractivity contribution in [3.05, 3.63) is 39.5 Å². The highest BCUT2D eigenvalue weighted by molar-refractivity contribution is 6.41. The highest BCUT2D eigenvalue weighted by Gasteiger charge is 2.42. The number of likely N-dealkylation sites (N-methyl/N-ethyl adjacent to an activating group) is 1. The molecule has 1 fully saturated rings. The molecule has 29 heavy (non-hydrogen) atoms. The third-order valence-electron chi connectivity index (χ3n) is 5.92. The van der Waals surface area contributed by atoms with Gasteiger partial charge in [-0.05, 0) is 51.5 Å². The number of halogens is 2. The lowest BCUT2D eigenvalue weighted by Crippen LogP contribution is -2.43. The van der Waals surface area contributed by atoms with Crippen LogP contribution in [0.5, 0.6) is 0 Å². The fourth-order valence-electron chi connectivity index (χ4n) is 4.11. The van der Waals surface area contributed by atoms with E-state index < -0.39 is 0 Å². The summed E-state index contributed by atoms with van der Waals surface area (Å²) in [4.78, 5) is 32.3. The van der Waals surface area contributed by atoms with Crippen molar-refractivity contribution in [2.24, 2.45) is 0 Å². The van der Waals surface area contributed by atoms with Crippen molar-refractivity contribution in [3.63, 3.8) is 0 Å². The van der Waals surface area contributed by atoms with Gasteiger partial charge in [0.25, 0.3) is 11.8 Å². The predicted octanol–water partition coefficient (Wildman–Crippen LogP) is 4.29. The van der Waals surface area contributed by atoms with E-state index in [9.17, 15) is 9.59 Å². The smallest absolute Gasteiger partial charge is 0.277 e. The molecule has 0 spiro atoms. The summed E-state index contributed by atoms with van der Waals surface area (Å²) in [6, 6.07) is 5.29. The molecule has 0 N–H and O–H groups in total. The minimum atomic E-state index is -0.259. The number of nitrogens with zero attached hydrogens (tertiary/aromatic N) is 3. The molecular formula is C22H29Cl2N3O2. The van der Waals surface area contributed by atoms with E-state index in [2.05, 4.69) is 18.9 Å². The number of hydrogen-bond acceptors (Lipinski definition) is 4. The molecule has 158 valence electrons. The second-order valence-corrected chi connectivity index (χ2v) is 8.81. The summed E-state index contributed by atoms with van der Waals surface area (Å²) in [7, 11) is 4.03. The molecule has 2 aliphatic heterocycles. The molecule has 1 aromatic carbocycles. The lowest BCUT2D eigenvalue weighted by atomic mass is 10.00. The molecule has 0 unspecified atom stereocenters. The van der Waals surface area contributed by atoms with E-state index in [-0.39, 0.29) is 17.9 Å². The first-order valence-corrected chi connectivity index (χ1v) is 11.1. The van der Waals surface area contributed by atoms with Gasteiger partial charge in [0.15, 0.2) is 0 Å². The molecular weight excluding hydrogens is 409 g/mol. The zero-order chi connectivity index (χ0) is 21.1. The Hall–Kier alpha value is -1.56. The van der Waals surface area contributed by atoms with E-state index in [1.807, 2.05) is 11.9 Å². The molecule has 2 aliphatic rings. The summed E-state index contributed by atoms with van der Waals surface area (Å²) < 4.78 is 0. The molecule has 0 radical (unpaired) electrons. The molecule has 0 bridgehead atoms. The Morgan fingerprint density at radius 3 is 2.41 bits per heavy atom. The van der Waals surface area contributed by atoms with Gasteiger partial charge < -0.3 is 9.80 Å². The van der Waals surface area contributed by atoms with Gasteiger partial charge in [-0.1, -0.05) is 49.0 Å². The highest BCUT2D eigenvalue weighted by atomic mass is 35.5. The van der Waals surface area contributed by atoms with Gasteiger partial charge in [0.05, 0.1) is 10.6 Å². The van der Waals surface area contributed by atoms with Crippen molar-refractivity contribution in [2.75, 3.05) is 33.7 Å². The fraction of sp³-hybridized carbons (Fsp3) is 0.545. The monoisotopic (exact) mass is 437 g/mol. The van der Waals surface area contributed by atoms with E-state index in [0.717, 1.165) is 45.2 Å². The Kier molecular flexibility index (Phi) is 7.25. The Balaban J connectivity index is 2.00. The molecule has 0 saturated carbocycles. The van der Waals surface area contributed by atoms with E-state index in [1.54, 1.807) is 18.2 Å². The summed E-state index contributed by atoms with van der Waals surface area (Å²) >= 11 is 12.5. The zero-order valence-corrected chi connectivity index (χ0v) is 18.9. The van der Waals surface area contributed by atoms with Crippen molar-refractivity contribution in [3.8, 4) is 0 Å². The molecule has 0 aromatic heterocycles. The minimum Gasteiger partial charge on any atom is -0.366 e. The molecule has 0 atom stereocenters. The third kappa shape index (κ3) is 4.62. The molecule has 1 aromatic rings. The Morgan fingerprint density at radius 1 is 1.10 bits per heavy atom. The van der Waals surface area contributed by atoms with Gasteiger partial charge in [0, 0.05) is 30.2 Å². The van der Waals surface area contributed by atoms with Crippen LogP contribution in [0.15, 0.2) is 23.9 Å². The molecule has 2 amide bonds. The molecule has 5 nitrogen and oxygen atoms in total. The van der Waals surface area contributed by atoms with Gasteiger partial charge in [-0.15, -0.1) is 0 Å². The number of unbranched alkanes of at least 4 members (excludes halogenated alkanes) is 2. The van der Waals surface area contributed by atoms with Crippen LogP contribution in [-0.2, 0) is 9.59 Å². The van der Waals surface area contributed by atoms with Crippen LogP contribution in [-0.4, -0.2) is 66.3 Å². The van der Waals surface area contributed by atoms with Crippen LogP contribution in [0.25, 0.3) is 5.57 Å². The van der Waals surface area contributed by atoms with Crippen LogP contribution < -0.4 is 0 Å². The van der Waals surface area contributed by atoms with Crippen molar-refractivity contribution >= 4 is 40.6 Å². The topological polar surface area (TPSA) is 43.9 Å². The van der Waals surface area contributed by atoms with Gasteiger partial charge in [-0.3, -0.25) is 14.5 Å². The number of imide groups is 1. The maximum Gasteiger partial charge on any atom is 0.277 e. The number of hydrogen-bond donors (Lipinski definition) is 0. The summed E-state index contributed by atoms with van der Waals surface area (Å²) in [5.41, 5.74) is 1.43. The Morgan fingerprint density at radius 2 is 1.79 bits per heavy atom. The van der Waals surface area contributed by atoms with E-state index in [0.29, 0.717) is 33.4 Å². The second kappa shape index (κ2) is 9.50. The van der Waals surface area contributed by atoms with Gasteiger partial charge in [0.2, 0.25) is 0 Å². The summed E-state index contributed by atoms with van der Waals surface area (Å²) in [6.07, 6.45) is 4.72. The van der Waals surface area contributed by atoms with Crippen LogP contribution in [0.1, 0.15) is 44.6 Å². The van der Waals surface area contributed by atoms with Crippen LogP contribution in [0.2, 0.25) is 10.0 Å². The fourth-order valence-corrected chi connectivity index (χ4v) is 4.62. The number of piperidine rings is 1. The quantitative estimate of drug-likeness (QED) is 0.471. The number of amides is 2. The first-order valence-electron chi connectivity index (χ1n) is 10.3. The largest absolute Gasteiger partial charge is 0.366 e. The molecule has 2 heterocycles. The van der Waals surface area contributed by atoms with Crippen LogP contribution >= 0.6 is 23.2 Å². The second-order valence-electron chi connectivity index (χ2n) is 7.96. The van der Waals surface area contributed by atoms with Crippen molar-refractivity contribution < 1.29 is 9.59 Å². The average molecular weight is 438 g/mol. The van der Waals surface area contributed by atoms with E-state index in [4.69, 9.17) is 23.2 Å². The molecule has 0 aliphatic carbocycles. The lowest BCUT2D eigenvalue weighted by Gasteiger charge is -2.36. The summed E-state index contributed by atoms with van der Waals surface area (Å²) in [5, 5.41) is 0.888. The standard InChI is InChI=1S/C22H29Cl2N3O2/c1-4-5-6-11-27-21(28)19(17-8-7-15(23)14-18(17)24)20(22(27)29)26(3)16-9-12-25(2)13-10-16/h7-8,14,16H,4-6,9-13H2,1-3H3. The Bertz CT molecular complexity index is 816. The Labute approximate surface area is 183 Å². The zero-order valence-electron chi connectivity index (χ0n) is 17.4. The number of carbonyl (C=O) groups excluding carboxylic acids is 2. The first kappa shape index (κ1) is 22.1. The van der Waals surface area contributed by atoms with Crippen LogP contribution in [0, 0.1) is 0 Å². The van der Waals surface area contributed by atoms with Gasteiger partial charge in [-0.2, -0.15) is 0 Å². The average Bonchev–Trinajstić information content (AvgIpc) is 2.93. The van der Waals surface area contributed by atoms with Gasteiger partial charge >= 0.3 is 0 Å². The van der Waals surface area contributed by atoms with Crippen molar-refractivity contribution in [1.29, 1.82) is 0 Å².